The number of fused-ring (bicyclic) bond motifs is 3. The number of rotatable bonds is 4. The van der Waals surface area contributed by atoms with Gasteiger partial charge in [-0.25, -0.2) is 4.98 Å². The Morgan fingerprint density at radius 1 is 1.11 bits per heavy atom. The summed E-state index contributed by atoms with van der Waals surface area (Å²) in [6.07, 6.45) is 5.21. The first-order valence-corrected chi connectivity index (χ1v) is 9.30. The molecule has 0 fully saturated rings. The Kier molecular flexibility index (Phi) is 7.87. The SMILES string of the molecule is Cl.Cl.NC(Cc1ccccc1)C(=O)Nc1ccc2c(c1)nc1n2CCCCC1. The van der Waals surface area contributed by atoms with E-state index in [2.05, 4.69) is 16.0 Å². The van der Waals surface area contributed by atoms with E-state index in [-0.39, 0.29) is 30.7 Å². The molecule has 5 nitrogen and oxygen atoms in total. The second-order valence-electron chi connectivity index (χ2n) is 6.98. The summed E-state index contributed by atoms with van der Waals surface area (Å²) in [5, 5.41) is 2.93. The highest BCUT2D eigenvalue weighted by molar-refractivity contribution is 5.96. The number of benzene rings is 2. The molecule has 1 aromatic heterocycles. The molecule has 2 heterocycles. The first-order chi connectivity index (χ1) is 12.7. The standard InChI is InChI=1S/C21H24N4O.2ClH/c22-17(13-15-7-3-1-4-8-15)21(26)23-16-10-11-19-18(14-16)24-20-9-5-2-6-12-25(19)20;;/h1,3-4,7-8,10-11,14,17H,2,5-6,9,12-13,22H2,(H,23,26);2*1H. The monoisotopic (exact) mass is 420 g/mol. The maximum Gasteiger partial charge on any atom is 0.241 e. The van der Waals surface area contributed by atoms with Gasteiger partial charge in [-0.2, -0.15) is 0 Å². The van der Waals surface area contributed by atoms with Crippen LogP contribution in [-0.4, -0.2) is 21.5 Å². The minimum absolute atomic E-state index is 0. The lowest BCUT2D eigenvalue weighted by molar-refractivity contribution is -0.117. The number of hydrogen-bond donors (Lipinski definition) is 2. The van der Waals surface area contributed by atoms with Gasteiger partial charge in [0, 0.05) is 18.7 Å². The number of halogens is 2. The highest BCUT2D eigenvalue weighted by atomic mass is 35.5. The van der Waals surface area contributed by atoms with Gasteiger partial charge in [-0.15, -0.1) is 24.8 Å². The van der Waals surface area contributed by atoms with Crippen LogP contribution in [0.15, 0.2) is 48.5 Å². The minimum atomic E-state index is -0.577. The number of aryl methyl sites for hydroxylation is 2. The second kappa shape index (κ2) is 9.92. The predicted molar refractivity (Wildman–Crippen MR) is 119 cm³/mol. The average Bonchev–Trinajstić information content (AvgIpc) is 2.82. The summed E-state index contributed by atoms with van der Waals surface area (Å²) in [7, 11) is 0. The number of hydrogen-bond acceptors (Lipinski definition) is 3. The maximum absolute atomic E-state index is 12.4. The van der Waals surface area contributed by atoms with Crippen LogP contribution < -0.4 is 11.1 Å². The lowest BCUT2D eigenvalue weighted by Gasteiger charge is -2.12. The molecule has 1 aliphatic heterocycles. The summed E-state index contributed by atoms with van der Waals surface area (Å²) in [5.41, 5.74) is 9.97. The summed E-state index contributed by atoms with van der Waals surface area (Å²) >= 11 is 0. The average molecular weight is 421 g/mol. The molecule has 150 valence electrons. The topological polar surface area (TPSA) is 72.9 Å². The van der Waals surface area contributed by atoms with E-state index < -0.39 is 6.04 Å². The molecule has 0 saturated carbocycles. The largest absolute Gasteiger partial charge is 0.328 e. The van der Waals surface area contributed by atoms with E-state index in [9.17, 15) is 4.79 Å². The number of nitrogens with two attached hydrogens (primary N) is 1. The Balaban J connectivity index is 0.00000140. The number of nitrogens with one attached hydrogen (secondary N) is 1. The number of carbonyl (C=O) groups excluding carboxylic acids is 1. The van der Waals surface area contributed by atoms with E-state index in [0.717, 1.165) is 41.1 Å². The van der Waals surface area contributed by atoms with Crippen LogP contribution in [0.4, 0.5) is 5.69 Å². The number of nitrogens with zero attached hydrogens (tertiary/aromatic N) is 2. The fourth-order valence-electron chi connectivity index (χ4n) is 3.62. The van der Waals surface area contributed by atoms with E-state index in [1.54, 1.807) is 0 Å². The Hall–Kier alpha value is -2.08. The summed E-state index contributed by atoms with van der Waals surface area (Å²) < 4.78 is 2.31. The molecule has 7 heteroatoms. The van der Waals surface area contributed by atoms with Crippen molar-refractivity contribution in [3.05, 3.63) is 59.9 Å². The third kappa shape index (κ3) is 4.85. The normalized spacial score (nSPS) is 14.2. The fraction of sp³-hybridized carbons (Fsp3) is 0.333. The number of carbonyl (C=O) groups is 1. The van der Waals surface area contributed by atoms with E-state index in [0.29, 0.717) is 6.42 Å². The van der Waals surface area contributed by atoms with Crippen LogP contribution in [0.3, 0.4) is 0 Å². The molecule has 28 heavy (non-hydrogen) atoms. The lowest BCUT2D eigenvalue weighted by Crippen LogP contribution is -2.37. The van der Waals surface area contributed by atoms with Crippen molar-refractivity contribution in [2.24, 2.45) is 5.73 Å². The van der Waals surface area contributed by atoms with Crippen LogP contribution in [0.1, 0.15) is 30.7 Å². The fourth-order valence-corrected chi connectivity index (χ4v) is 3.62. The zero-order valence-electron chi connectivity index (χ0n) is 15.6. The van der Waals surface area contributed by atoms with Gasteiger partial charge in [0.1, 0.15) is 5.82 Å². The van der Waals surface area contributed by atoms with Crippen LogP contribution in [0.2, 0.25) is 0 Å². The summed E-state index contributed by atoms with van der Waals surface area (Å²) in [6.45, 7) is 1.03. The van der Waals surface area contributed by atoms with Gasteiger partial charge in [-0.05, 0) is 43.0 Å². The first-order valence-electron chi connectivity index (χ1n) is 9.30. The molecule has 1 unspecified atom stereocenters. The number of anilines is 1. The van der Waals surface area contributed by atoms with E-state index in [1.807, 2.05) is 42.5 Å². The molecule has 0 radical (unpaired) electrons. The Morgan fingerprint density at radius 2 is 1.89 bits per heavy atom. The molecule has 0 bridgehead atoms. The quantitative estimate of drug-likeness (QED) is 0.666. The molecule has 1 aliphatic rings. The zero-order chi connectivity index (χ0) is 17.9. The minimum Gasteiger partial charge on any atom is -0.328 e. The zero-order valence-corrected chi connectivity index (χ0v) is 17.3. The highest BCUT2D eigenvalue weighted by Gasteiger charge is 2.16. The molecule has 0 spiro atoms. The third-order valence-electron chi connectivity index (χ3n) is 5.01. The Morgan fingerprint density at radius 3 is 2.68 bits per heavy atom. The molecule has 2 aromatic carbocycles. The van der Waals surface area contributed by atoms with Crippen molar-refractivity contribution < 1.29 is 4.79 Å². The molecule has 1 amide bonds. The van der Waals surface area contributed by atoms with Crippen LogP contribution in [0.25, 0.3) is 11.0 Å². The van der Waals surface area contributed by atoms with Gasteiger partial charge in [0.2, 0.25) is 5.91 Å². The van der Waals surface area contributed by atoms with Gasteiger partial charge in [0.05, 0.1) is 17.1 Å². The van der Waals surface area contributed by atoms with Gasteiger partial charge in [-0.1, -0.05) is 36.8 Å². The van der Waals surface area contributed by atoms with Crippen molar-refractivity contribution >= 4 is 47.4 Å². The Bertz CT molecular complexity index is 927. The molecule has 4 rings (SSSR count). The van der Waals surface area contributed by atoms with Gasteiger partial charge < -0.3 is 15.6 Å². The van der Waals surface area contributed by atoms with E-state index in [4.69, 9.17) is 10.7 Å². The van der Waals surface area contributed by atoms with E-state index >= 15 is 0 Å². The van der Waals surface area contributed by atoms with Gasteiger partial charge in [0.15, 0.2) is 0 Å². The molecule has 0 aliphatic carbocycles. The van der Waals surface area contributed by atoms with Crippen molar-refractivity contribution in [1.29, 1.82) is 0 Å². The van der Waals surface area contributed by atoms with Crippen molar-refractivity contribution in [2.75, 3.05) is 5.32 Å². The first kappa shape index (κ1) is 22.2. The van der Waals surface area contributed by atoms with Crippen LogP contribution in [-0.2, 0) is 24.2 Å². The summed E-state index contributed by atoms with van der Waals surface area (Å²) in [4.78, 5) is 17.2. The second-order valence-corrected chi connectivity index (χ2v) is 6.98. The van der Waals surface area contributed by atoms with Crippen LogP contribution >= 0.6 is 24.8 Å². The van der Waals surface area contributed by atoms with Crippen LogP contribution in [0, 0.1) is 0 Å². The van der Waals surface area contributed by atoms with Crippen LogP contribution in [0.5, 0.6) is 0 Å². The third-order valence-corrected chi connectivity index (χ3v) is 5.01. The lowest BCUT2D eigenvalue weighted by atomic mass is 10.1. The molecule has 3 aromatic rings. The van der Waals surface area contributed by atoms with E-state index in [1.165, 1.54) is 19.3 Å². The predicted octanol–water partition coefficient (Wildman–Crippen LogP) is 4.11. The van der Waals surface area contributed by atoms with Crippen molar-refractivity contribution in [2.45, 2.75) is 44.7 Å². The molecular weight excluding hydrogens is 395 g/mol. The Labute approximate surface area is 177 Å². The summed E-state index contributed by atoms with van der Waals surface area (Å²) in [5.74, 6) is 0.982. The summed E-state index contributed by atoms with van der Waals surface area (Å²) in [6, 6.07) is 15.2. The molecular formula is C21H26Cl2N4O. The van der Waals surface area contributed by atoms with Gasteiger partial charge in [0.25, 0.3) is 0 Å². The van der Waals surface area contributed by atoms with Gasteiger partial charge >= 0.3 is 0 Å². The highest BCUT2D eigenvalue weighted by Crippen LogP contribution is 2.24. The number of aromatic nitrogens is 2. The van der Waals surface area contributed by atoms with Gasteiger partial charge in [-0.3, -0.25) is 4.79 Å². The molecule has 1 atom stereocenters. The molecule has 3 N–H and O–H groups in total. The van der Waals surface area contributed by atoms with Crippen molar-refractivity contribution in [3.63, 3.8) is 0 Å². The maximum atomic E-state index is 12.4. The smallest absolute Gasteiger partial charge is 0.241 e. The van der Waals surface area contributed by atoms with Crippen molar-refractivity contribution in [3.8, 4) is 0 Å². The molecule has 0 saturated heterocycles. The number of amides is 1. The van der Waals surface area contributed by atoms with Crippen molar-refractivity contribution in [1.82, 2.24) is 9.55 Å². The number of imidazole rings is 1.